The van der Waals surface area contributed by atoms with E-state index in [0.717, 1.165) is 16.0 Å². The van der Waals surface area contributed by atoms with Crippen LogP contribution < -0.4 is 15.2 Å². The molecule has 0 unspecified atom stereocenters. The van der Waals surface area contributed by atoms with Crippen LogP contribution in [0.1, 0.15) is 11.1 Å². The van der Waals surface area contributed by atoms with Crippen LogP contribution in [0.3, 0.4) is 0 Å². The molecule has 2 amide bonds. The lowest BCUT2D eigenvalue weighted by Crippen LogP contribution is -2.37. The molecule has 0 saturated carbocycles. The normalized spacial score (nSPS) is 10.3. The first-order valence-electron chi connectivity index (χ1n) is 10.6. The van der Waals surface area contributed by atoms with Gasteiger partial charge in [-0.05, 0) is 35.4 Å². The van der Waals surface area contributed by atoms with Gasteiger partial charge in [0.2, 0.25) is 0 Å². The number of nitrogens with one attached hydrogen (secondary N) is 1. The quantitative estimate of drug-likeness (QED) is 0.402. The molecule has 0 radical (unpaired) electrons. The number of aromatic amines is 1. The van der Waals surface area contributed by atoms with Crippen LogP contribution in [0.5, 0.6) is 11.5 Å². The van der Waals surface area contributed by atoms with Gasteiger partial charge in [0.15, 0.2) is 5.75 Å². The molecule has 0 spiro atoms. The van der Waals surface area contributed by atoms with Crippen LogP contribution in [0, 0.1) is 0 Å². The van der Waals surface area contributed by atoms with Crippen LogP contribution in [0.25, 0.3) is 0 Å². The highest BCUT2D eigenvalue weighted by atomic mass is 16.6. The molecule has 9 heteroatoms. The topological polar surface area (TPSA) is 111 Å². The molecule has 1 aromatic heterocycles. The summed E-state index contributed by atoms with van der Waals surface area (Å²) in [5.41, 5.74) is 1.35. The Balaban J connectivity index is 1.50. The fourth-order valence-corrected chi connectivity index (χ4v) is 3.07. The summed E-state index contributed by atoms with van der Waals surface area (Å²) in [6.07, 6.45) is -0.428. The van der Waals surface area contributed by atoms with Crippen molar-refractivity contribution in [3.8, 4) is 11.5 Å². The molecule has 0 aliphatic rings. The van der Waals surface area contributed by atoms with Crippen LogP contribution >= 0.6 is 0 Å². The molecule has 9 nitrogen and oxygen atoms in total. The molecular weight excluding hydrogens is 450 g/mol. The van der Waals surface area contributed by atoms with E-state index in [2.05, 4.69) is 10.2 Å². The van der Waals surface area contributed by atoms with E-state index in [1.54, 1.807) is 36.4 Å². The standard InChI is InChI=1S/C26H21N3O6/c30-24-15-23(16-27-28-24)35-22-13-11-21(12-14-22)29(25(31)33-17-19-7-3-1-4-8-19)26(32)34-18-20-9-5-2-6-10-20/h1-16H,17-18H2,(H,28,30). The number of nitrogens with zero attached hydrogens (tertiary/aromatic N) is 2. The lowest BCUT2D eigenvalue weighted by molar-refractivity contribution is 0.127. The minimum Gasteiger partial charge on any atom is -0.455 e. The summed E-state index contributed by atoms with van der Waals surface area (Å²) in [6.45, 7) is -0.0300. The number of aromatic nitrogens is 2. The number of rotatable bonds is 7. The number of hydrogen-bond acceptors (Lipinski definition) is 7. The molecule has 0 aliphatic heterocycles. The van der Waals surface area contributed by atoms with Gasteiger partial charge in [-0.15, -0.1) is 0 Å². The highest BCUT2D eigenvalue weighted by Gasteiger charge is 2.27. The van der Waals surface area contributed by atoms with E-state index >= 15 is 0 Å². The molecule has 0 aliphatic carbocycles. The van der Waals surface area contributed by atoms with Crippen molar-refractivity contribution in [1.82, 2.24) is 10.2 Å². The monoisotopic (exact) mass is 471 g/mol. The number of ether oxygens (including phenoxy) is 3. The largest absolute Gasteiger partial charge is 0.455 e. The number of hydrogen-bond donors (Lipinski definition) is 1. The number of H-pyrrole nitrogens is 1. The number of carbonyl (C=O) groups excluding carboxylic acids is 2. The van der Waals surface area contributed by atoms with Crippen LogP contribution in [0.2, 0.25) is 0 Å². The second-order valence-electron chi connectivity index (χ2n) is 7.29. The molecular formula is C26H21N3O6. The Morgan fingerprint density at radius 1 is 0.743 bits per heavy atom. The van der Waals surface area contributed by atoms with Crippen LogP contribution in [-0.2, 0) is 22.7 Å². The molecule has 4 rings (SSSR count). The van der Waals surface area contributed by atoms with Crippen molar-refractivity contribution in [2.45, 2.75) is 13.2 Å². The third-order valence-electron chi connectivity index (χ3n) is 4.75. The maximum atomic E-state index is 12.9. The highest BCUT2D eigenvalue weighted by Crippen LogP contribution is 2.25. The van der Waals surface area contributed by atoms with E-state index in [-0.39, 0.29) is 24.7 Å². The number of benzene rings is 3. The number of imide groups is 1. The third-order valence-corrected chi connectivity index (χ3v) is 4.75. The third kappa shape index (κ3) is 6.55. The van der Waals surface area contributed by atoms with Crippen molar-refractivity contribution in [3.05, 3.63) is 119 Å². The maximum absolute atomic E-state index is 12.9. The lowest BCUT2D eigenvalue weighted by Gasteiger charge is -2.20. The summed E-state index contributed by atoms with van der Waals surface area (Å²) in [5, 5.41) is 5.93. The fourth-order valence-electron chi connectivity index (χ4n) is 3.07. The van der Waals surface area contributed by atoms with E-state index in [4.69, 9.17) is 14.2 Å². The Bertz CT molecular complexity index is 1270. The average Bonchev–Trinajstić information content (AvgIpc) is 2.89. The van der Waals surface area contributed by atoms with E-state index in [0.29, 0.717) is 5.75 Å². The zero-order chi connectivity index (χ0) is 24.5. The summed E-state index contributed by atoms with van der Waals surface area (Å²) in [6, 6.07) is 25.6. The van der Waals surface area contributed by atoms with Crippen molar-refractivity contribution in [2.24, 2.45) is 0 Å². The molecule has 1 N–H and O–H groups in total. The van der Waals surface area contributed by atoms with Gasteiger partial charge < -0.3 is 14.2 Å². The lowest BCUT2D eigenvalue weighted by atomic mass is 10.2. The van der Waals surface area contributed by atoms with E-state index in [1.807, 2.05) is 36.4 Å². The predicted octanol–water partition coefficient (Wildman–Crippen LogP) is 5.04. The van der Waals surface area contributed by atoms with Crippen LogP contribution in [0.4, 0.5) is 15.3 Å². The first kappa shape index (κ1) is 23.2. The van der Waals surface area contributed by atoms with Crippen molar-refractivity contribution in [3.63, 3.8) is 0 Å². The van der Waals surface area contributed by atoms with Crippen LogP contribution in [-0.4, -0.2) is 22.4 Å². The van der Waals surface area contributed by atoms with E-state index in [1.165, 1.54) is 24.4 Å². The minimum absolute atomic E-state index is 0.0150. The molecule has 0 bridgehead atoms. The van der Waals surface area contributed by atoms with Crippen molar-refractivity contribution in [1.29, 1.82) is 0 Å². The summed E-state index contributed by atoms with van der Waals surface area (Å²) < 4.78 is 16.3. The SMILES string of the molecule is O=C(OCc1ccccc1)N(C(=O)OCc1ccccc1)c1ccc(Oc2cn[nH]c(=O)c2)cc1. The number of anilines is 1. The smallest absolute Gasteiger partial charge is 0.424 e. The molecule has 1 heterocycles. The molecule has 0 saturated heterocycles. The summed E-state index contributed by atoms with van der Waals surface area (Å²) in [7, 11) is 0. The van der Waals surface area contributed by atoms with E-state index in [9.17, 15) is 14.4 Å². The van der Waals surface area contributed by atoms with Gasteiger partial charge in [0.25, 0.3) is 5.56 Å². The summed E-state index contributed by atoms with van der Waals surface area (Å²) >= 11 is 0. The summed E-state index contributed by atoms with van der Waals surface area (Å²) in [5.74, 6) is 0.610. The first-order valence-corrected chi connectivity index (χ1v) is 10.6. The predicted molar refractivity (Wildman–Crippen MR) is 127 cm³/mol. The maximum Gasteiger partial charge on any atom is 0.424 e. The minimum atomic E-state index is -0.889. The van der Waals surface area contributed by atoms with Gasteiger partial charge in [-0.25, -0.2) is 14.7 Å². The second kappa shape index (κ2) is 11.3. The first-order chi connectivity index (χ1) is 17.1. The number of carbonyl (C=O) groups is 2. The zero-order valence-electron chi connectivity index (χ0n) is 18.5. The summed E-state index contributed by atoms with van der Waals surface area (Å²) in [4.78, 5) is 38.0. The van der Waals surface area contributed by atoms with Gasteiger partial charge in [0.05, 0.1) is 11.9 Å². The molecule has 4 aromatic rings. The highest BCUT2D eigenvalue weighted by molar-refractivity contribution is 6.09. The molecule has 0 fully saturated rings. The van der Waals surface area contributed by atoms with Gasteiger partial charge in [-0.3, -0.25) is 4.79 Å². The van der Waals surface area contributed by atoms with Gasteiger partial charge in [0.1, 0.15) is 19.0 Å². The second-order valence-corrected chi connectivity index (χ2v) is 7.29. The Hall–Kier alpha value is -4.92. The Morgan fingerprint density at radius 2 is 1.29 bits per heavy atom. The van der Waals surface area contributed by atoms with Crippen molar-refractivity contribution >= 4 is 17.9 Å². The van der Waals surface area contributed by atoms with Gasteiger partial charge in [0, 0.05) is 6.07 Å². The zero-order valence-corrected chi connectivity index (χ0v) is 18.5. The van der Waals surface area contributed by atoms with Crippen LogP contribution in [0.15, 0.2) is 102 Å². The fraction of sp³-hybridized carbons (Fsp3) is 0.0769. The Labute approximate surface area is 200 Å². The molecule has 3 aromatic carbocycles. The van der Waals surface area contributed by atoms with E-state index < -0.39 is 17.7 Å². The van der Waals surface area contributed by atoms with Gasteiger partial charge in [-0.2, -0.15) is 10.00 Å². The van der Waals surface area contributed by atoms with Gasteiger partial charge in [-0.1, -0.05) is 60.7 Å². The Morgan fingerprint density at radius 3 is 1.80 bits per heavy atom. The van der Waals surface area contributed by atoms with Crippen molar-refractivity contribution < 1.29 is 23.8 Å². The molecule has 35 heavy (non-hydrogen) atoms. The Kier molecular flexibility index (Phi) is 7.49. The molecule has 0 atom stereocenters. The van der Waals surface area contributed by atoms with Crippen molar-refractivity contribution in [2.75, 3.05) is 4.90 Å². The molecule has 176 valence electrons. The number of amides is 2. The average molecular weight is 471 g/mol. The van der Waals surface area contributed by atoms with Gasteiger partial charge >= 0.3 is 12.2 Å².